The van der Waals surface area contributed by atoms with Crippen LogP contribution in [-0.4, -0.2) is 39.3 Å². The van der Waals surface area contributed by atoms with Crippen LogP contribution >= 0.6 is 22.7 Å². The summed E-state index contributed by atoms with van der Waals surface area (Å²) < 4.78 is 0. The van der Waals surface area contributed by atoms with Crippen molar-refractivity contribution in [3.63, 3.8) is 0 Å². The van der Waals surface area contributed by atoms with Gasteiger partial charge in [0.05, 0.1) is 11.2 Å². The normalized spacial score (nSPS) is 17.7. The lowest BCUT2D eigenvalue weighted by molar-refractivity contribution is -0.119. The number of hydrogen-bond acceptors (Lipinski definition) is 6. The molecule has 1 aliphatic rings. The van der Waals surface area contributed by atoms with E-state index in [0.29, 0.717) is 23.0 Å². The number of nitrogens with zero attached hydrogens (tertiary/aromatic N) is 3. The van der Waals surface area contributed by atoms with E-state index in [9.17, 15) is 9.59 Å². The molecule has 3 rings (SSSR count). The lowest BCUT2D eigenvalue weighted by Gasteiger charge is -2.22. The number of thiazole rings is 2. The minimum absolute atomic E-state index is 0.103. The molecule has 22 heavy (non-hydrogen) atoms. The third-order valence-corrected chi connectivity index (χ3v) is 5.36. The summed E-state index contributed by atoms with van der Waals surface area (Å²) in [6.45, 7) is 2.61. The van der Waals surface area contributed by atoms with Crippen molar-refractivity contribution >= 4 is 39.6 Å². The van der Waals surface area contributed by atoms with Crippen LogP contribution in [0.3, 0.4) is 0 Å². The van der Waals surface area contributed by atoms with Crippen molar-refractivity contribution in [2.45, 2.75) is 32.2 Å². The molecule has 0 aliphatic carbocycles. The van der Waals surface area contributed by atoms with Gasteiger partial charge in [0.25, 0.3) is 5.91 Å². The summed E-state index contributed by atoms with van der Waals surface area (Å²) in [6.07, 6.45) is 5.58. The van der Waals surface area contributed by atoms with Crippen LogP contribution in [0.5, 0.6) is 0 Å². The number of rotatable bonds is 4. The average molecular weight is 336 g/mol. The Kier molecular flexibility index (Phi) is 4.49. The fourth-order valence-electron chi connectivity index (χ4n) is 2.47. The van der Waals surface area contributed by atoms with Crippen molar-refractivity contribution in [1.29, 1.82) is 0 Å². The number of likely N-dealkylation sites (tertiary alicyclic amines) is 1. The zero-order chi connectivity index (χ0) is 15.5. The van der Waals surface area contributed by atoms with E-state index < -0.39 is 6.04 Å². The monoisotopic (exact) mass is 336 g/mol. The van der Waals surface area contributed by atoms with Gasteiger partial charge in [-0.15, -0.1) is 22.7 Å². The standard InChI is InChI=1S/C14H16N4O2S2/c1-2-11-16-8-10(22-11)13(20)18-6-3-4-9(18)12(19)17-14-15-5-7-21-14/h5,7-9H,2-4,6H2,1H3,(H,15,17,19). The van der Waals surface area contributed by atoms with Crippen molar-refractivity contribution in [2.75, 3.05) is 11.9 Å². The highest BCUT2D eigenvalue weighted by atomic mass is 32.1. The Balaban J connectivity index is 1.72. The van der Waals surface area contributed by atoms with Crippen LogP contribution in [0.15, 0.2) is 17.8 Å². The zero-order valence-corrected chi connectivity index (χ0v) is 13.7. The van der Waals surface area contributed by atoms with Gasteiger partial charge < -0.3 is 10.2 Å². The topological polar surface area (TPSA) is 75.2 Å². The first-order chi connectivity index (χ1) is 10.7. The molecule has 0 bridgehead atoms. The third-order valence-electron chi connectivity index (χ3n) is 3.55. The number of nitrogens with one attached hydrogen (secondary N) is 1. The number of aryl methyl sites for hydroxylation is 1. The molecule has 1 N–H and O–H groups in total. The average Bonchev–Trinajstić information content (AvgIpc) is 3.26. The Hall–Kier alpha value is -1.80. The van der Waals surface area contributed by atoms with E-state index in [1.54, 1.807) is 22.7 Å². The summed E-state index contributed by atoms with van der Waals surface area (Å²) in [6, 6.07) is -0.427. The predicted molar refractivity (Wildman–Crippen MR) is 86.3 cm³/mol. The maximum absolute atomic E-state index is 12.6. The minimum atomic E-state index is -0.427. The molecule has 0 spiro atoms. The van der Waals surface area contributed by atoms with Crippen LogP contribution in [0, 0.1) is 0 Å². The molecule has 2 amide bonds. The molecular weight excluding hydrogens is 320 g/mol. The van der Waals surface area contributed by atoms with Crippen molar-refractivity contribution in [1.82, 2.24) is 14.9 Å². The van der Waals surface area contributed by atoms with E-state index in [1.807, 2.05) is 6.92 Å². The Morgan fingerprint density at radius 3 is 3.00 bits per heavy atom. The first kappa shape index (κ1) is 15.1. The lowest BCUT2D eigenvalue weighted by atomic mass is 10.2. The van der Waals surface area contributed by atoms with E-state index >= 15 is 0 Å². The minimum Gasteiger partial charge on any atom is -0.326 e. The molecule has 0 saturated carbocycles. The van der Waals surface area contributed by atoms with Gasteiger partial charge in [0.15, 0.2) is 5.13 Å². The Labute approximate surface area is 136 Å². The van der Waals surface area contributed by atoms with E-state index in [2.05, 4.69) is 15.3 Å². The van der Waals surface area contributed by atoms with Crippen LogP contribution in [0.25, 0.3) is 0 Å². The van der Waals surface area contributed by atoms with Crippen LogP contribution in [0.1, 0.15) is 34.4 Å². The maximum atomic E-state index is 12.6. The Morgan fingerprint density at radius 1 is 1.45 bits per heavy atom. The molecule has 1 fully saturated rings. The third kappa shape index (κ3) is 3.02. The predicted octanol–water partition coefficient (Wildman–Crippen LogP) is 2.41. The van der Waals surface area contributed by atoms with Crippen molar-refractivity contribution < 1.29 is 9.59 Å². The maximum Gasteiger partial charge on any atom is 0.266 e. The summed E-state index contributed by atoms with van der Waals surface area (Å²) in [7, 11) is 0. The summed E-state index contributed by atoms with van der Waals surface area (Å²) in [5.74, 6) is -0.269. The van der Waals surface area contributed by atoms with Crippen LogP contribution < -0.4 is 5.32 Å². The van der Waals surface area contributed by atoms with E-state index in [1.165, 1.54) is 22.7 Å². The highest BCUT2D eigenvalue weighted by Crippen LogP contribution is 2.24. The fourth-order valence-corrected chi connectivity index (χ4v) is 3.82. The molecule has 1 aliphatic heterocycles. The quantitative estimate of drug-likeness (QED) is 0.930. The number of anilines is 1. The van der Waals surface area contributed by atoms with Gasteiger partial charge in [0, 0.05) is 18.1 Å². The lowest BCUT2D eigenvalue weighted by Crippen LogP contribution is -2.42. The van der Waals surface area contributed by atoms with Gasteiger partial charge in [0.1, 0.15) is 10.9 Å². The number of amides is 2. The first-order valence-corrected chi connectivity index (χ1v) is 8.84. The SMILES string of the molecule is CCc1ncc(C(=O)N2CCCC2C(=O)Nc2nccs2)s1. The first-order valence-electron chi connectivity index (χ1n) is 7.15. The van der Waals surface area contributed by atoms with Gasteiger partial charge in [-0.05, 0) is 19.3 Å². The summed E-state index contributed by atoms with van der Waals surface area (Å²) in [5.41, 5.74) is 0. The largest absolute Gasteiger partial charge is 0.326 e. The molecule has 3 heterocycles. The molecule has 8 heteroatoms. The molecular formula is C14H16N4O2S2. The van der Waals surface area contributed by atoms with Crippen molar-refractivity contribution in [2.24, 2.45) is 0 Å². The Morgan fingerprint density at radius 2 is 2.32 bits per heavy atom. The zero-order valence-electron chi connectivity index (χ0n) is 12.1. The summed E-state index contributed by atoms with van der Waals surface area (Å²) >= 11 is 2.77. The molecule has 1 atom stereocenters. The molecule has 116 valence electrons. The number of carbonyl (C=O) groups excluding carboxylic acids is 2. The second-order valence-corrected chi connectivity index (χ2v) is 6.96. The number of carbonyl (C=O) groups is 2. The van der Waals surface area contributed by atoms with Gasteiger partial charge in [-0.2, -0.15) is 0 Å². The van der Waals surface area contributed by atoms with Crippen LogP contribution in [0.4, 0.5) is 5.13 Å². The van der Waals surface area contributed by atoms with E-state index in [0.717, 1.165) is 17.8 Å². The smallest absolute Gasteiger partial charge is 0.266 e. The van der Waals surface area contributed by atoms with E-state index in [-0.39, 0.29) is 11.8 Å². The van der Waals surface area contributed by atoms with Crippen molar-refractivity contribution in [3.8, 4) is 0 Å². The van der Waals surface area contributed by atoms with Gasteiger partial charge >= 0.3 is 0 Å². The highest BCUT2D eigenvalue weighted by molar-refractivity contribution is 7.14. The fraction of sp³-hybridized carbons (Fsp3) is 0.429. The van der Waals surface area contributed by atoms with Crippen LogP contribution in [-0.2, 0) is 11.2 Å². The molecule has 6 nitrogen and oxygen atoms in total. The van der Waals surface area contributed by atoms with Gasteiger partial charge in [-0.1, -0.05) is 6.92 Å². The van der Waals surface area contributed by atoms with Gasteiger partial charge in [0.2, 0.25) is 5.91 Å². The van der Waals surface area contributed by atoms with Gasteiger partial charge in [-0.25, -0.2) is 9.97 Å². The van der Waals surface area contributed by atoms with Crippen LogP contribution in [0.2, 0.25) is 0 Å². The molecule has 1 saturated heterocycles. The number of hydrogen-bond donors (Lipinski definition) is 1. The second-order valence-electron chi connectivity index (χ2n) is 4.95. The molecule has 2 aromatic heterocycles. The number of aromatic nitrogens is 2. The summed E-state index contributed by atoms with van der Waals surface area (Å²) in [5, 5.41) is 6.08. The molecule has 0 radical (unpaired) electrons. The highest BCUT2D eigenvalue weighted by Gasteiger charge is 2.35. The van der Waals surface area contributed by atoms with Crippen molar-refractivity contribution in [3.05, 3.63) is 27.7 Å². The Bertz CT molecular complexity index is 668. The van der Waals surface area contributed by atoms with Gasteiger partial charge in [-0.3, -0.25) is 9.59 Å². The molecule has 1 unspecified atom stereocenters. The molecule has 0 aromatic carbocycles. The van der Waals surface area contributed by atoms with E-state index in [4.69, 9.17) is 0 Å². The second kappa shape index (κ2) is 6.53. The summed E-state index contributed by atoms with van der Waals surface area (Å²) in [4.78, 5) is 35.5. The molecule has 2 aromatic rings.